The molecule has 21 heavy (non-hydrogen) atoms. The Morgan fingerprint density at radius 1 is 1.38 bits per heavy atom. The van der Waals surface area contributed by atoms with Gasteiger partial charge in [-0.3, -0.25) is 9.59 Å². The number of hydrogen-bond donors (Lipinski definition) is 1. The smallest absolute Gasteiger partial charge is 0.268 e. The van der Waals surface area contributed by atoms with Crippen LogP contribution in [0.3, 0.4) is 0 Å². The summed E-state index contributed by atoms with van der Waals surface area (Å²) in [6.07, 6.45) is 4.43. The van der Waals surface area contributed by atoms with E-state index < -0.39 is 20.7 Å². The van der Waals surface area contributed by atoms with Crippen LogP contribution in [0.25, 0.3) is 0 Å². The van der Waals surface area contributed by atoms with Crippen LogP contribution >= 0.6 is 0 Å². The van der Waals surface area contributed by atoms with Crippen LogP contribution in [0.1, 0.15) is 65.5 Å². The van der Waals surface area contributed by atoms with Crippen molar-refractivity contribution in [1.82, 2.24) is 4.72 Å². The topological polar surface area (TPSA) is 93.4 Å². The number of Topliss-reactive ketones (excluding diaryl/α,β-unsaturated/α-hetero) is 1. The minimum atomic E-state index is -3.72. The number of fused-ring (bicyclic) bond motifs is 1. The minimum absolute atomic E-state index is 0.0326. The van der Waals surface area contributed by atoms with Crippen LogP contribution in [0.2, 0.25) is 0 Å². The van der Waals surface area contributed by atoms with Gasteiger partial charge in [-0.25, -0.2) is 13.1 Å². The summed E-state index contributed by atoms with van der Waals surface area (Å²) in [6, 6.07) is 0. The van der Waals surface area contributed by atoms with Gasteiger partial charge in [0.2, 0.25) is 10.0 Å². The first kappa shape index (κ1) is 14.3. The molecule has 0 unspecified atom stereocenters. The van der Waals surface area contributed by atoms with E-state index in [0.29, 0.717) is 44.3 Å². The zero-order valence-corrected chi connectivity index (χ0v) is 12.6. The second kappa shape index (κ2) is 4.69. The number of carbonyl (C=O) groups is 2. The molecule has 1 aromatic heterocycles. The first-order chi connectivity index (χ1) is 9.90. The maximum atomic E-state index is 12.3. The Hall–Kier alpha value is -1.63. The molecule has 3 rings (SSSR count). The zero-order chi connectivity index (χ0) is 15.3. The van der Waals surface area contributed by atoms with Crippen molar-refractivity contribution in [3.8, 4) is 0 Å². The van der Waals surface area contributed by atoms with Gasteiger partial charge < -0.3 is 4.42 Å². The van der Waals surface area contributed by atoms with Gasteiger partial charge >= 0.3 is 0 Å². The van der Waals surface area contributed by atoms with E-state index >= 15 is 0 Å². The van der Waals surface area contributed by atoms with Crippen LogP contribution in [0.5, 0.6) is 0 Å². The molecule has 114 valence electrons. The molecule has 7 heteroatoms. The van der Waals surface area contributed by atoms with Crippen LogP contribution in [-0.4, -0.2) is 24.9 Å². The van der Waals surface area contributed by atoms with Crippen molar-refractivity contribution in [3.05, 3.63) is 23.2 Å². The fraction of sp³-hybridized carbons (Fsp3) is 0.571. The van der Waals surface area contributed by atoms with E-state index in [1.165, 1.54) is 6.26 Å². The molecule has 1 fully saturated rings. The molecular formula is C14H17NO5S. The maximum Gasteiger partial charge on any atom is 0.268 e. The van der Waals surface area contributed by atoms with E-state index in [2.05, 4.69) is 4.72 Å². The fourth-order valence-electron chi connectivity index (χ4n) is 2.83. The van der Waals surface area contributed by atoms with Crippen molar-refractivity contribution in [2.45, 2.75) is 50.2 Å². The predicted molar refractivity (Wildman–Crippen MR) is 74.6 cm³/mol. The zero-order valence-electron chi connectivity index (χ0n) is 11.8. The molecule has 1 saturated carbocycles. The highest BCUT2D eigenvalue weighted by Crippen LogP contribution is 2.45. The number of nitrogens with one attached hydrogen (secondary N) is 1. The molecule has 0 radical (unpaired) electrons. The van der Waals surface area contributed by atoms with Crippen molar-refractivity contribution in [1.29, 1.82) is 0 Å². The molecule has 0 bridgehead atoms. The minimum Gasteiger partial charge on any atom is -0.468 e. The quantitative estimate of drug-likeness (QED) is 0.915. The lowest BCUT2D eigenvalue weighted by molar-refractivity contribution is 0.0942. The molecule has 1 heterocycles. The first-order valence-corrected chi connectivity index (χ1v) is 8.59. The summed E-state index contributed by atoms with van der Waals surface area (Å²) in [6.45, 7) is 1.79. The number of furan rings is 1. The highest BCUT2D eigenvalue weighted by Gasteiger charge is 2.53. The third-order valence-corrected chi connectivity index (χ3v) is 6.74. The number of rotatable bonds is 4. The molecule has 0 saturated heterocycles. The molecule has 0 spiro atoms. The third kappa shape index (κ3) is 2.19. The summed E-state index contributed by atoms with van der Waals surface area (Å²) in [7, 11) is -3.72. The molecule has 0 aliphatic heterocycles. The molecule has 2 aliphatic carbocycles. The van der Waals surface area contributed by atoms with Crippen molar-refractivity contribution >= 4 is 21.7 Å². The Balaban J connectivity index is 1.88. The van der Waals surface area contributed by atoms with Gasteiger partial charge in [-0.1, -0.05) is 6.92 Å². The largest absolute Gasteiger partial charge is 0.468 e. The Labute approximate surface area is 122 Å². The van der Waals surface area contributed by atoms with E-state index in [1.807, 2.05) is 0 Å². The standard InChI is InChI=1S/C14H17NO5S/c1-2-14(6-7-14)21(18,19)15-13(17)9-8-20-11-5-3-4-10(16)12(9)11/h8H,2-7H2,1H3,(H,15,17). The Morgan fingerprint density at radius 2 is 2.10 bits per heavy atom. The molecule has 0 aromatic carbocycles. The number of amides is 1. The average Bonchev–Trinajstić information content (AvgIpc) is 3.12. The number of ketones is 1. The van der Waals surface area contributed by atoms with Crippen LogP contribution < -0.4 is 4.72 Å². The first-order valence-electron chi connectivity index (χ1n) is 7.10. The molecule has 6 nitrogen and oxygen atoms in total. The summed E-state index contributed by atoms with van der Waals surface area (Å²) in [5.74, 6) is -0.454. The van der Waals surface area contributed by atoms with Gasteiger partial charge in [-0.2, -0.15) is 0 Å². The second-order valence-electron chi connectivity index (χ2n) is 5.70. The average molecular weight is 311 g/mol. The van der Waals surface area contributed by atoms with Gasteiger partial charge in [0.05, 0.1) is 15.9 Å². The van der Waals surface area contributed by atoms with Crippen LogP contribution in [0.15, 0.2) is 10.7 Å². The van der Waals surface area contributed by atoms with Crippen LogP contribution in [0.4, 0.5) is 0 Å². The number of carbonyl (C=O) groups excluding carboxylic acids is 2. The number of aryl methyl sites for hydroxylation is 1. The van der Waals surface area contributed by atoms with Gasteiger partial charge in [0.15, 0.2) is 5.78 Å². The van der Waals surface area contributed by atoms with Gasteiger partial charge in [-0.05, 0) is 25.7 Å². The molecule has 2 aliphatic rings. The predicted octanol–water partition coefficient (Wildman–Crippen LogP) is 1.80. The third-order valence-electron chi connectivity index (χ3n) is 4.45. The molecule has 1 aromatic rings. The van der Waals surface area contributed by atoms with E-state index in [9.17, 15) is 18.0 Å². The van der Waals surface area contributed by atoms with E-state index in [1.54, 1.807) is 6.92 Å². The van der Waals surface area contributed by atoms with Gasteiger partial charge in [-0.15, -0.1) is 0 Å². The summed E-state index contributed by atoms with van der Waals surface area (Å²) < 4.78 is 31.0. The summed E-state index contributed by atoms with van der Waals surface area (Å²) in [5, 5.41) is 0. The lowest BCUT2D eigenvalue weighted by atomic mass is 9.94. The van der Waals surface area contributed by atoms with Crippen LogP contribution in [-0.2, 0) is 16.4 Å². The summed E-state index contributed by atoms with van der Waals surface area (Å²) in [4.78, 5) is 24.1. The maximum absolute atomic E-state index is 12.3. The summed E-state index contributed by atoms with van der Waals surface area (Å²) in [5.41, 5.74) is 0.278. The molecule has 0 atom stereocenters. The van der Waals surface area contributed by atoms with Crippen molar-refractivity contribution in [3.63, 3.8) is 0 Å². The Morgan fingerprint density at radius 3 is 2.71 bits per heavy atom. The highest BCUT2D eigenvalue weighted by atomic mass is 32.2. The SMILES string of the molecule is CCC1(S(=O)(=O)NC(=O)c2coc3c2C(=O)CCC3)CC1. The fourth-order valence-corrected chi connectivity index (χ4v) is 4.42. The monoisotopic (exact) mass is 311 g/mol. The van der Waals surface area contributed by atoms with E-state index in [-0.39, 0.29) is 16.9 Å². The number of hydrogen-bond acceptors (Lipinski definition) is 5. The lowest BCUT2D eigenvalue weighted by Gasteiger charge is -2.15. The normalized spacial score (nSPS) is 20.0. The molecule has 1 N–H and O–H groups in total. The van der Waals surface area contributed by atoms with Gasteiger partial charge in [0, 0.05) is 12.8 Å². The molecular weight excluding hydrogens is 294 g/mol. The Bertz CT molecular complexity index is 712. The van der Waals surface area contributed by atoms with Crippen molar-refractivity contribution < 1.29 is 22.4 Å². The van der Waals surface area contributed by atoms with E-state index in [4.69, 9.17) is 4.42 Å². The summed E-state index contributed by atoms with van der Waals surface area (Å²) >= 11 is 0. The number of sulfonamides is 1. The van der Waals surface area contributed by atoms with Gasteiger partial charge in [0.1, 0.15) is 12.0 Å². The lowest BCUT2D eigenvalue weighted by Crippen LogP contribution is -2.40. The van der Waals surface area contributed by atoms with Crippen LogP contribution in [0, 0.1) is 0 Å². The second-order valence-corrected chi connectivity index (χ2v) is 7.77. The van der Waals surface area contributed by atoms with Gasteiger partial charge in [0.25, 0.3) is 5.91 Å². The van der Waals surface area contributed by atoms with Crippen molar-refractivity contribution in [2.75, 3.05) is 0 Å². The van der Waals surface area contributed by atoms with E-state index in [0.717, 1.165) is 0 Å². The van der Waals surface area contributed by atoms with Crippen molar-refractivity contribution in [2.24, 2.45) is 0 Å². The highest BCUT2D eigenvalue weighted by molar-refractivity contribution is 7.91. The Kier molecular flexibility index (Phi) is 3.20. The molecule has 1 amide bonds.